The Morgan fingerprint density at radius 2 is 1.88 bits per heavy atom. The topological polar surface area (TPSA) is 74.5 Å². The molecule has 3 rings (SSSR count). The molecule has 1 aromatic heterocycles. The first-order valence-electron chi connectivity index (χ1n) is 7.95. The van der Waals surface area contributed by atoms with Crippen LogP contribution in [0.2, 0.25) is 5.02 Å². The molecule has 0 aliphatic heterocycles. The molecule has 0 aliphatic rings. The highest BCUT2D eigenvalue weighted by molar-refractivity contribution is 6.30. The van der Waals surface area contributed by atoms with Crippen LogP contribution in [0.25, 0.3) is 11.5 Å². The molecule has 0 N–H and O–H groups in total. The number of halogens is 1. The van der Waals surface area contributed by atoms with E-state index in [9.17, 15) is 4.79 Å². The summed E-state index contributed by atoms with van der Waals surface area (Å²) in [7, 11) is 0. The third kappa shape index (κ3) is 4.61. The molecule has 0 atom stereocenters. The number of aromatic nitrogens is 2. The van der Waals surface area contributed by atoms with E-state index >= 15 is 0 Å². The SMILES string of the molecule is Cc1ccc(OCC(=O)OCc2nnc(-c3ccc(Cl)cc3)o2)c(C)c1. The normalized spacial score (nSPS) is 10.6. The van der Waals surface area contributed by atoms with Gasteiger partial charge in [0.05, 0.1) is 0 Å². The molecule has 0 saturated heterocycles. The number of esters is 1. The van der Waals surface area contributed by atoms with E-state index in [0.29, 0.717) is 16.7 Å². The number of aryl methyl sites for hydroxylation is 2. The van der Waals surface area contributed by atoms with Crippen molar-refractivity contribution in [3.63, 3.8) is 0 Å². The Labute approximate surface area is 155 Å². The van der Waals surface area contributed by atoms with Crippen molar-refractivity contribution in [3.8, 4) is 17.2 Å². The fraction of sp³-hybridized carbons (Fsp3) is 0.211. The second kappa shape index (κ2) is 8.01. The standard InChI is InChI=1S/C19H17ClN2O4/c1-12-3-8-16(13(2)9-12)24-11-18(23)25-10-17-21-22-19(26-17)14-4-6-15(20)7-5-14/h3-9H,10-11H2,1-2H3. The second-order valence-corrected chi connectivity index (χ2v) is 6.16. The minimum atomic E-state index is -0.517. The fourth-order valence-electron chi connectivity index (χ4n) is 2.30. The first-order chi connectivity index (χ1) is 12.5. The number of ether oxygens (including phenoxy) is 2. The van der Waals surface area contributed by atoms with Crippen LogP contribution in [0.1, 0.15) is 17.0 Å². The van der Waals surface area contributed by atoms with Crippen LogP contribution in [-0.4, -0.2) is 22.8 Å². The summed E-state index contributed by atoms with van der Waals surface area (Å²) in [5.74, 6) is 0.667. The summed E-state index contributed by atoms with van der Waals surface area (Å²) < 4.78 is 16.0. The van der Waals surface area contributed by atoms with Gasteiger partial charge in [-0.2, -0.15) is 0 Å². The fourth-order valence-corrected chi connectivity index (χ4v) is 2.43. The number of hydrogen-bond acceptors (Lipinski definition) is 6. The predicted molar refractivity (Wildman–Crippen MR) is 96.0 cm³/mol. The van der Waals surface area contributed by atoms with Crippen molar-refractivity contribution in [1.29, 1.82) is 0 Å². The van der Waals surface area contributed by atoms with Gasteiger partial charge in [0.1, 0.15) is 5.75 Å². The third-order valence-electron chi connectivity index (χ3n) is 3.59. The van der Waals surface area contributed by atoms with Gasteiger partial charge in [0.15, 0.2) is 13.2 Å². The Hall–Kier alpha value is -2.86. The molecule has 0 aliphatic carbocycles. The minimum Gasteiger partial charge on any atom is -0.482 e. The highest BCUT2D eigenvalue weighted by Crippen LogP contribution is 2.21. The highest BCUT2D eigenvalue weighted by Gasteiger charge is 2.12. The number of hydrogen-bond donors (Lipinski definition) is 0. The van der Waals surface area contributed by atoms with Gasteiger partial charge in [-0.15, -0.1) is 10.2 Å². The maximum absolute atomic E-state index is 11.8. The molecule has 0 saturated carbocycles. The molecular formula is C19H17ClN2O4. The molecule has 0 amide bonds. The van der Waals surface area contributed by atoms with Crippen LogP contribution in [0.4, 0.5) is 0 Å². The molecule has 2 aromatic carbocycles. The van der Waals surface area contributed by atoms with E-state index in [1.807, 2.05) is 32.0 Å². The Kier molecular flexibility index (Phi) is 5.53. The highest BCUT2D eigenvalue weighted by atomic mass is 35.5. The zero-order valence-corrected chi connectivity index (χ0v) is 15.1. The maximum Gasteiger partial charge on any atom is 0.344 e. The smallest absolute Gasteiger partial charge is 0.344 e. The molecule has 6 nitrogen and oxygen atoms in total. The lowest BCUT2D eigenvalue weighted by molar-refractivity contribution is -0.148. The van der Waals surface area contributed by atoms with Crippen molar-refractivity contribution in [2.45, 2.75) is 20.5 Å². The van der Waals surface area contributed by atoms with Gasteiger partial charge >= 0.3 is 5.97 Å². The molecule has 26 heavy (non-hydrogen) atoms. The lowest BCUT2D eigenvalue weighted by atomic mass is 10.1. The quantitative estimate of drug-likeness (QED) is 0.606. The number of benzene rings is 2. The average molecular weight is 373 g/mol. The van der Waals surface area contributed by atoms with Crippen LogP contribution in [0.5, 0.6) is 5.75 Å². The van der Waals surface area contributed by atoms with Crippen LogP contribution in [0.15, 0.2) is 46.9 Å². The summed E-state index contributed by atoms with van der Waals surface area (Å²) in [6, 6.07) is 12.7. The van der Waals surface area contributed by atoms with Crippen LogP contribution < -0.4 is 4.74 Å². The molecule has 0 spiro atoms. The molecule has 0 fully saturated rings. The molecule has 134 valence electrons. The molecule has 0 bridgehead atoms. The summed E-state index contributed by atoms with van der Waals surface area (Å²) in [4.78, 5) is 11.8. The van der Waals surface area contributed by atoms with Crippen LogP contribution in [0.3, 0.4) is 0 Å². The first kappa shape index (κ1) is 17.9. The largest absolute Gasteiger partial charge is 0.482 e. The van der Waals surface area contributed by atoms with E-state index in [2.05, 4.69) is 10.2 Å². The molecule has 3 aromatic rings. The van der Waals surface area contributed by atoms with Gasteiger partial charge in [-0.05, 0) is 49.7 Å². The van der Waals surface area contributed by atoms with Crippen molar-refractivity contribution in [3.05, 3.63) is 64.5 Å². The second-order valence-electron chi connectivity index (χ2n) is 5.73. The lowest BCUT2D eigenvalue weighted by Gasteiger charge is -2.09. The zero-order valence-electron chi connectivity index (χ0n) is 14.4. The van der Waals surface area contributed by atoms with Crippen molar-refractivity contribution in [1.82, 2.24) is 10.2 Å². The molecule has 1 heterocycles. The summed E-state index contributed by atoms with van der Waals surface area (Å²) in [5, 5.41) is 8.40. The van der Waals surface area contributed by atoms with E-state index in [0.717, 1.165) is 16.7 Å². The van der Waals surface area contributed by atoms with Crippen molar-refractivity contribution in [2.75, 3.05) is 6.61 Å². The Bertz CT molecular complexity index is 906. The molecule has 7 heteroatoms. The maximum atomic E-state index is 11.8. The number of rotatable bonds is 6. The third-order valence-corrected chi connectivity index (χ3v) is 3.84. The average Bonchev–Trinajstić information content (AvgIpc) is 3.09. The van der Waals surface area contributed by atoms with Crippen molar-refractivity contribution in [2.24, 2.45) is 0 Å². The first-order valence-corrected chi connectivity index (χ1v) is 8.33. The van der Waals surface area contributed by atoms with Gasteiger partial charge in [0, 0.05) is 10.6 Å². The summed E-state index contributed by atoms with van der Waals surface area (Å²) >= 11 is 5.84. The van der Waals surface area contributed by atoms with E-state index in [1.54, 1.807) is 24.3 Å². The van der Waals surface area contributed by atoms with E-state index in [4.69, 9.17) is 25.5 Å². The van der Waals surface area contributed by atoms with Gasteiger partial charge in [-0.3, -0.25) is 0 Å². The summed E-state index contributed by atoms with van der Waals surface area (Å²) in [6.45, 7) is 3.61. The van der Waals surface area contributed by atoms with Gasteiger partial charge in [-0.1, -0.05) is 29.3 Å². The van der Waals surface area contributed by atoms with E-state index < -0.39 is 5.97 Å². The predicted octanol–water partition coefficient (Wildman–Crippen LogP) is 4.13. The minimum absolute atomic E-state index is 0.115. The Balaban J connectivity index is 1.51. The number of nitrogens with zero attached hydrogens (tertiary/aromatic N) is 2. The van der Waals surface area contributed by atoms with Crippen LogP contribution >= 0.6 is 11.6 Å². The number of carbonyl (C=O) groups is 1. The Morgan fingerprint density at radius 1 is 1.12 bits per heavy atom. The summed E-state index contributed by atoms with van der Waals surface area (Å²) in [6.07, 6.45) is 0. The van der Waals surface area contributed by atoms with E-state index in [-0.39, 0.29) is 19.1 Å². The van der Waals surface area contributed by atoms with Gasteiger partial charge in [0.25, 0.3) is 5.89 Å². The zero-order chi connectivity index (χ0) is 18.5. The van der Waals surface area contributed by atoms with Crippen molar-refractivity contribution >= 4 is 17.6 Å². The van der Waals surface area contributed by atoms with Gasteiger partial charge in [-0.25, -0.2) is 4.79 Å². The monoisotopic (exact) mass is 372 g/mol. The molecule has 0 radical (unpaired) electrons. The van der Waals surface area contributed by atoms with E-state index in [1.165, 1.54) is 0 Å². The Morgan fingerprint density at radius 3 is 2.62 bits per heavy atom. The lowest BCUT2D eigenvalue weighted by Crippen LogP contribution is -2.15. The van der Waals surface area contributed by atoms with Crippen molar-refractivity contribution < 1.29 is 18.7 Å². The summed E-state index contributed by atoms with van der Waals surface area (Å²) in [5.41, 5.74) is 2.82. The van der Waals surface area contributed by atoms with Crippen LogP contribution in [-0.2, 0) is 16.1 Å². The molecule has 0 unspecified atom stereocenters. The van der Waals surface area contributed by atoms with Gasteiger partial charge < -0.3 is 13.9 Å². The molecular weight excluding hydrogens is 356 g/mol. The van der Waals surface area contributed by atoms with Crippen LogP contribution in [0, 0.1) is 13.8 Å². The number of carbonyl (C=O) groups excluding carboxylic acids is 1. The van der Waals surface area contributed by atoms with Gasteiger partial charge in [0.2, 0.25) is 5.89 Å².